The molecule has 3 aromatic rings. The fraction of sp³-hybridized carbons (Fsp3) is 0.158. The average Bonchev–Trinajstić information content (AvgIpc) is 2.79. The maximum absolute atomic E-state index is 11.1. The van der Waals surface area contributed by atoms with Crippen molar-refractivity contribution in [3.05, 3.63) is 73.8 Å². The van der Waals surface area contributed by atoms with E-state index in [9.17, 15) is 25.3 Å². The lowest BCUT2D eigenvalue weighted by atomic mass is 10.1. The molecule has 170 valence electrons. The zero-order chi connectivity index (χ0) is 24.0. The minimum atomic E-state index is -0.923. The SMILES string of the molecule is CN(C)c1nc(NCc2ccccc2)nc(N/N=C\c2cc([N+](=O)[O-])cc([N+](=O)[O-])c2O)n1. The predicted molar refractivity (Wildman–Crippen MR) is 121 cm³/mol. The van der Waals surface area contributed by atoms with E-state index >= 15 is 0 Å². The Kier molecular flexibility index (Phi) is 6.87. The molecule has 0 amide bonds. The van der Waals surface area contributed by atoms with Gasteiger partial charge < -0.3 is 15.3 Å². The molecule has 1 heterocycles. The number of rotatable bonds is 9. The smallest absolute Gasteiger partial charge is 0.318 e. The van der Waals surface area contributed by atoms with Crippen LogP contribution in [0.2, 0.25) is 0 Å². The highest BCUT2D eigenvalue weighted by atomic mass is 16.6. The van der Waals surface area contributed by atoms with E-state index in [2.05, 4.69) is 30.8 Å². The number of nitrogens with zero attached hydrogens (tertiary/aromatic N) is 7. The Morgan fingerprint density at radius 3 is 2.39 bits per heavy atom. The number of hydrogen-bond donors (Lipinski definition) is 3. The molecular weight excluding hydrogens is 434 g/mol. The fourth-order valence-corrected chi connectivity index (χ4v) is 2.60. The lowest BCUT2D eigenvalue weighted by Gasteiger charge is -2.13. The molecule has 0 aliphatic rings. The van der Waals surface area contributed by atoms with Gasteiger partial charge >= 0.3 is 5.69 Å². The Morgan fingerprint density at radius 1 is 1.06 bits per heavy atom. The van der Waals surface area contributed by atoms with Crippen molar-refractivity contribution in [2.45, 2.75) is 6.54 Å². The molecule has 0 unspecified atom stereocenters. The lowest BCUT2D eigenvalue weighted by Crippen LogP contribution is -2.16. The van der Waals surface area contributed by atoms with Gasteiger partial charge in [-0.05, 0) is 5.56 Å². The molecule has 0 aliphatic heterocycles. The van der Waals surface area contributed by atoms with E-state index in [1.54, 1.807) is 19.0 Å². The Labute approximate surface area is 186 Å². The molecular formula is C19H19N9O5. The maximum Gasteiger partial charge on any atom is 0.318 e. The number of non-ortho nitro benzene ring substituents is 1. The Morgan fingerprint density at radius 2 is 1.76 bits per heavy atom. The topological polar surface area (TPSA) is 185 Å². The van der Waals surface area contributed by atoms with Crippen LogP contribution in [0.3, 0.4) is 0 Å². The first-order valence-electron chi connectivity index (χ1n) is 9.40. The number of hydrazone groups is 1. The van der Waals surface area contributed by atoms with Gasteiger partial charge in [-0.3, -0.25) is 20.2 Å². The first kappa shape index (κ1) is 22.8. The van der Waals surface area contributed by atoms with E-state index in [1.807, 2.05) is 30.3 Å². The first-order valence-corrected chi connectivity index (χ1v) is 9.40. The summed E-state index contributed by atoms with van der Waals surface area (Å²) >= 11 is 0. The zero-order valence-corrected chi connectivity index (χ0v) is 17.5. The van der Waals surface area contributed by atoms with Crippen molar-refractivity contribution in [2.75, 3.05) is 29.7 Å². The molecule has 3 N–H and O–H groups in total. The van der Waals surface area contributed by atoms with Crippen molar-refractivity contribution in [1.29, 1.82) is 0 Å². The minimum Gasteiger partial charge on any atom is -0.502 e. The monoisotopic (exact) mass is 453 g/mol. The van der Waals surface area contributed by atoms with Crippen LogP contribution in [-0.4, -0.2) is 50.2 Å². The van der Waals surface area contributed by atoms with Crippen LogP contribution in [-0.2, 0) is 6.54 Å². The maximum atomic E-state index is 11.1. The van der Waals surface area contributed by atoms with Gasteiger partial charge in [-0.1, -0.05) is 30.3 Å². The van der Waals surface area contributed by atoms with Gasteiger partial charge in [0.05, 0.1) is 27.7 Å². The summed E-state index contributed by atoms with van der Waals surface area (Å²) in [6.07, 6.45) is 0.992. The largest absolute Gasteiger partial charge is 0.502 e. The quantitative estimate of drug-likeness (QED) is 0.245. The molecule has 33 heavy (non-hydrogen) atoms. The van der Waals surface area contributed by atoms with E-state index in [1.165, 1.54) is 0 Å². The number of aromatic hydroxyl groups is 1. The molecule has 0 radical (unpaired) electrons. The number of phenolic OH excluding ortho intramolecular Hbond substituents is 1. The van der Waals surface area contributed by atoms with Crippen LogP contribution in [0.15, 0.2) is 47.6 Å². The highest BCUT2D eigenvalue weighted by Gasteiger charge is 2.23. The minimum absolute atomic E-state index is 0.0416. The number of anilines is 3. The van der Waals surface area contributed by atoms with Gasteiger partial charge in [0.15, 0.2) is 0 Å². The predicted octanol–water partition coefficient (Wildman–Crippen LogP) is 2.52. The van der Waals surface area contributed by atoms with E-state index in [0.717, 1.165) is 17.8 Å². The summed E-state index contributed by atoms with van der Waals surface area (Å²) in [5.74, 6) is -0.123. The van der Waals surface area contributed by atoms with Crippen LogP contribution in [0.1, 0.15) is 11.1 Å². The van der Waals surface area contributed by atoms with Gasteiger partial charge in [0.1, 0.15) is 0 Å². The van der Waals surface area contributed by atoms with Crippen molar-refractivity contribution in [2.24, 2.45) is 5.10 Å². The third-order valence-electron chi connectivity index (χ3n) is 4.20. The number of aromatic nitrogens is 3. The lowest BCUT2D eigenvalue weighted by molar-refractivity contribution is -0.394. The molecule has 1 aromatic heterocycles. The van der Waals surface area contributed by atoms with Crippen LogP contribution >= 0.6 is 0 Å². The molecule has 0 fully saturated rings. The number of phenols is 1. The van der Waals surface area contributed by atoms with Gasteiger partial charge in [0.2, 0.25) is 23.6 Å². The van der Waals surface area contributed by atoms with Gasteiger partial charge in [-0.2, -0.15) is 20.1 Å². The summed E-state index contributed by atoms with van der Waals surface area (Å²) in [5, 5.41) is 39.1. The number of nitrogens with one attached hydrogen (secondary N) is 2. The second kappa shape index (κ2) is 9.95. The summed E-state index contributed by atoms with van der Waals surface area (Å²) < 4.78 is 0. The molecule has 0 aliphatic carbocycles. The highest BCUT2D eigenvalue weighted by molar-refractivity contribution is 5.87. The van der Waals surface area contributed by atoms with Crippen molar-refractivity contribution in [1.82, 2.24) is 15.0 Å². The molecule has 0 bridgehead atoms. The summed E-state index contributed by atoms with van der Waals surface area (Å²) in [6.45, 7) is 0.464. The molecule has 14 heteroatoms. The molecule has 3 rings (SSSR count). The molecule has 0 saturated heterocycles. The third-order valence-corrected chi connectivity index (χ3v) is 4.20. The average molecular weight is 453 g/mol. The number of nitro groups is 2. The van der Waals surface area contributed by atoms with E-state index in [-0.39, 0.29) is 17.5 Å². The molecule has 14 nitrogen and oxygen atoms in total. The number of benzene rings is 2. The van der Waals surface area contributed by atoms with Gasteiger partial charge in [0, 0.05) is 26.7 Å². The fourth-order valence-electron chi connectivity index (χ4n) is 2.60. The van der Waals surface area contributed by atoms with Crippen molar-refractivity contribution in [3.8, 4) is 5.75 Å². The Balaban J connectivity index is 1.83. The van der Waals surface area contributed by atoms with Crippen molar-refractivity contribution in [3.63, 3.8) is 0 Å². The summed E-state index contributed by atoms with van der Waals surface area (Å²) in [5.41, 5.74) is 1.95. The van der Waals surface area contributed by atoms with Gasteiger partial charge in [-0.15, -0.1) is 0 Å². The zero-order valence-electron chi connectivity index (χ0n) is 17.5. The Bertz CT molecular complexity index is 1200. The van der Waals surface area contributed by atoms with E-state index in [0.29, 0.717) is 18.6 Å². The summed E-state index contributed by atoms with van der Waals surface area (Å²) in [7, 11) is 3.48. The van der Waals surface area contributed by atoms with Crippen LogP contribution in [0, 0.1) is 20.2 Å². The summed E-state index contributed by atoms with van der Waals surface area (Å²) in [6, 6.07) is 11.2. The van der Waals surface area contributed by atoms with E-state index < -0.39 is 27.0 Å². The molecule has 0 saturated carbocycles. The highest BCUT2D eigenvalue weighted by Crippen LogP contribution is 2.33. The second-order valence-corrected chi connectivity index (χ2v) is 6.80. The molecule has 0 spiro atoms. The van der Waals surface area contributed by atoms with Crippen molar-refractivity contribution < 1.29 is 15.0 Å². The number of nitro benzene ring substituents is 2. The number of hydrogen-bond acceptors (Lipinski definition) is 12. The Hall–Kier alpha value is -4.88. The van der Waals surface area contributed by atoms with E-state index in [4.69, 9.17) is 0 Å². The van der Waals surface area contributed by atoms with Crippen LogP contribution in [0.4, 0.5) is 29.2 Å². The van der Waals surface area contributed by atoms with Gasteiger partial charge in [-0.25, -0.2) is 5.43 Å². The second-order valence-electron chi connectivity index (χ2n) is 6.80. The standard InChI is InChI=1S/C19H19N9O5/c1-26(2)19-23-17(20-10-12-6-4-3-5-7-12)22-18(24-19)25-21-11-13-8-14(27(30)31)9-15(16(13)29)28(32)33/h3-9,11,29H,10H2,1-2H3,(H2,20,22,23,24,25)/b21-11-. The first-order chi connectivity index (χ1) is 15.7. The van der Waals surface area contributed by atoms with Crippen LogP contribution in [0.5, 0.6) is 5.75 Å². The van der Waals surface area contributed by atoms with Crippen LogP contribution in [0.25, 0.3) is 0 Å². The summed E-state index contributed by atoms with van der Waals surface area (Å²) in [4.78, 5) is 34.7. The van der Waals surface area contributed by atoms with Gasteiger partial charge in [0.25, 0.3) is 5.69 Å². The third kappa shape index (κ3) is 5.84. The molecule has 0 atom stereocenters. The van der Waals surface area contributed by atoms with Crippen molar-refractivity contribution >= 4 is 35.4 Å². The van der Waals surface area contributed by atoms with Crippen LogP contribution < -0.4 is 15.6 Å². The normalized spacial score (nSPS) is 10.7. The molecule has 2 aromatic carbocycles.